The van der Waals surface area contributed by atoms with Crippen LogP contribution in [0, 0.1) is 0 Å². The zero-order valence-corrected chi connectivity index (χ0v) is 19.3. The fourth-order valence-electron chi connectivity index (χ4n) is 3.73. The van der Waals surface area contributed by atoms with Crippen LogP contribution in [0.25, 0.3) is 0 Å². The van der Waals surface area contributed by atoms with Crippen LogP contribution in [0.15, 0.2) is 88.1 Å². The molecular weight excluding hydrogens is 450 g/mol. The Bertz CT molecular complexity index is 1220. The number of rotatable bonds is 10. The predicted molar refractivity (Wildman–Crippen MR) is 126 cm³/mol. The summed E-state index contributed by atoms with van der Waals surface area (Å²) in [7, 11) is 3.05. The minimum Gasteiger partial charge on any atom is -0.497 e. The molecule has 0 aliphatic heterocycles. The number of hydrogen-bond donors (Lipinski definition) is 2. The number of nitrogens with zero attached hydrogens (tertiary/aromatic N) is 1. The minimum absolute atomic E-state index is 0.00761. The number of carbonyl (C=O) groups excluding carboxylic acids is 2. The molecule has 2 N–H and O–H groups in total. The van der Waals surface area contributed by atoms with Gasteiger partial charge >= 0.3 is 0 Å². The van der Waals surface area contributed by atoms with Gasteiger partial charge in [0, 0.05) is 18.7 Å². The van der Waals surface area contributed by atoms with Crippen molar-refractivity contribution < 1.29 is 28.0 Å². The number of aromatic nitrogens is 1. The summed E-state index contributed by atoms with van der Waals surface area (Å²) in [6, 6.07) is 18.6. The van der Waals surface area contributed by atoms with Gasteiger partial charge in [-0.3, -0.25) is 9.59 Å². The number of carbonyl (C=O) groups is 2. The average molecular weight is 476 g/mol. The fraction of sp³-hybridized carbons (Fsp3) is 0.192. The summed E-state index contributed by atoms with van der Waals surface area (Å²) in [5.74, 6) is -0.378. The molecule has 2 amide bonds. The lowest BCUT2D eigenvalue weighted by atomic mass is 9.88. The van der Waals surface area contributed by atoms with E-state index in [1.807, 2.05) is 30.3 Å². The van der Waals surface area contributed by atoms with Crippen molar-refractivity contribution in [1.29, 1.82) is 0 Å². The Balaban J connectivity index is 1.74. The molecule has 0 saturated carbocycles. The van der Waals surface area contributed by atoms with E-state index in [2.05, 4.69) is 15.8 Å². The Hall–Kier alpha value is -4.53. The van der Waals surface area contributed by atoms with Crippen LogP contribution in [0.1, 0.15) is 39.4 Å². The highest BCUT2D eigenvalue weighted by Gasteiger charge is 2.35. The molecule has 2 heterocycles. The Morgan fingerprint density at radius 3 is 2.31 bits per heavy atom. The lowest BCUT2D eigenvalue weighted by molar-refractivity contribution is -0.123. The van der Waals surface area contributed by atoms with Crippen LogP contribution in [0.4, 0.5) is 0 Å². The van der Waals surface area contributed by atoms with Crippen LogP contribution in [-0.4, -0.2) is 31.2 Å². The molecule has 2 unspecified atom stereocenters. The van der Waals surface area contributed by atoms with Crippen molar-refractivity contribution in [2.24, 2.45) is 0 Å². The molecule has 0 aliphatic carbocycles. The van der Waals surface area contributed by atoms with E-state index < -0.39 is 17.9 Å². The van der Waals surface area contributed by atoms with E-state index in [0.717, 1.165) is 5.56 Å². The summed E-state index contributed by atoms with van der Waals surface area (Å²) in [6.07, 6.45) is 2.85. The Morgan fingerprint density at radius 1 is 0.971 bits per heavy atom. The van der Waals surface area contributed by atoms with E-state index in [-0.39, 0.29) is 11.7 Å². The summed E-state index contributed by atoms with van der Waals surface area (Å²) in [6.45, 7) is 0.304. The van der Waals surface area contributed by atoms with E-state index in [1.165, 1.54) is 32.7 Å². The van der Waals surface area contributed by atoms with Gasteiger partial charge in [0.1, 0.15) is 23.3 Å². The van der Waals surface area contributed by atoms with Crippen molar-refractivity contribution in [3.63, 3.8) is 0 Å². The molecule has 2 aromatic heterocycles. The Kier molecular flexibility index (Phi) is 7.47. The van der Waals surface area contributed by atoms with Gasteiger partial charge in [0.2, 0.25) is 11.7 Å². The molecule has 4 rings (SSSR count). The van der Waals surface area contributed by atoms with Crippen LogP contribution < -0.4 is 20.1 Å². The van der Waals surface area contributed by atoms with Gasteiger partial charge in [-0.05, 0) is 35.4 Å². The summed E-state index contributed by atoms with van der Waals surface area (Å²) < 4.78 is 21.5. The second-order valence-corrected chi connectivity index (χ2v) is 7.67. The molecule has 0 saturated heterocycles. The summed E-state index contributed by atoms with van der Waals surface area (Å²) in [5, 5.41) is 9.43. The van der Waals surface area contributed by atoms with E-state index in [9.17, 15) is 9.59 Å². The first-order valence-electron chi connectivity index (χ1n) is 10.9. The van der Waals surface area contributed by atoms with Crippen molar-refractivity contribution in [1.82, 2.24) is 15.8 Å². The number of hydrogen-bond acceptors (Lipinski definition) is 7. The summed E-state index contributed by atoms with van der Waals surface area (Å²) in [5.41, 5.74) is 1.49. The number of nitrogens with one attached hydrogen (secondary N) is 2. The highest BCUT2D eigenvalue weighted by atomic mass is 16.5. The molecule has 9 nitrogen and oxygen atoms in total. The number of amides is 2. The van der Waals surface area contributed by atoms with Gasteiger partial charge in [0.25, 0.3) is 5.91 Å². The van der Waals surface area contributed by atoms with Crippen LogP contribution in [-0.2, 0) is 11.3 Å². The highest BCUT2D eigenvalue weighted by molar-refractivity contribution is 5.93. The molecule has 35 heavy (non-hydrogen) atoms. The van der Waals surface area contributed by atoms with Crippen molar-refractivity contribution >= 4 is 11.8 Å². The first kappa shape index (κ1) is 23.6. The van der Waals surface area contributed by atoms with Gasteiger partial charge in [-0.2, -0.15) is 0 Å². The first-order valence-corrected chi connectivity index (χ1v) is 10.9. The van der Waals surface area contributed by atoms with E-state index >= 15 is 0 Å². The van der Waals surface area contributed by atoms with E-state index in [1.54, 1.807) is 30.3 Å². The molecule has 2 aromatic carbocycles. The van der Waals surface area contributed by atoms with Crippen LogP contribution in [0.2, 0.25) is 0 Å². The van der Waals surface area contributed by atoms with Crippen molar-refractivity contribution in [3.8, 4) is 11.5 Å². The third-order valence-electron chi connectivity index (χ3n) is 5.46. The quantitative estimate of drug-likeness (QED) is 0.358. The second-order valence-electron chi connectivity index (χ2n) is 7.67. The van der Waals surface area contributed by atoms with Crippen LogP contribution in [0.3, 0.4) is 0 Å². The van der Waals surface area contributed by atoms with Crippen molar-refractivity contribution in [2.75, 3.05) is 14.2 Å². The third kappa shape index (κ3) is 5.70. The maximum Gasteiger partial charge on any atom is 0.290 e. The van der Waals surface area contributed by atoms with Crippen LogP contribution in [0.5, 0.6) is 11.5 Å². The minimum atomic E-state index is -0.902. The fourth-order valence-corrected chi connectivity index (χ4v) is 3.73. The molecule has 4 aromatic rings. The molecule has 9 heteroatoms. The van der Waals surface area contributed by atoms with Crippen molar-refractivity contribution in [3.05, 3.63) is 102 Å². The number of methoxy groups -OCH3 is 2. The Labute approximate surface area is 202 Å². The molecule has 0 radical (unpaired) electrons. The maximum absolute atomic E-state index is 13.7. The van der Waals surface area contributed by atoms with Gasteiger partial charge in [0.05, 0.1) is 32.6 Å². The highest BCUT2D eigenvalue weighted by Crippen LogP contribution is 2.36. The lowest BCUT2D eigenvalue weighted by Crippen LogP contribution is -2.40. The predicted octanol–water partition coefficient (Wildman–Crippen LogP) is 3.86. The smallest absolute Gasteiger partial charge is 0.290 e. The number of benzene rings is 2. The van der Waals surface area contributed by atoms with Gasteiger partial charge < -0.3 is 29.0 Å². The molecule has 0 bridgehead atoms. The second kappa shape index (κ2) is 11.1. The Morgan fingerprint density at radius 2 is 1.71 bits per heavy atom. The largest absolute Gasteiger partial charge is 0.497 e. The van der Waals surface area contributed by atoms with Gasteiger partial charge in [-0.25, -0.2) is 0 Å². The van der Waals surface area contributed by atoms with Gasteiger partial charge in [0.15, 0.2) is 0 Å². The third-order valence-corrected chi connectivity index (χ3v) is 5.46. The molecule has 0 aliphatic rings. The molecular formula is C26H25N3O6. The normalized spacial score (nSPS) is 12.4. The molecule has 180 valence electrons. The monoisotopic (exact) mass is 475 g/mol. The topological polar surface area (TPSA) is 116 Å². The number of furan rings is 1. The van der Waals surface area contributed by atoms with E-state index in [0.29, 0.717) is 29.4 Å². The van der Waals surface area contributed by atoms with Crippen molar-refractivity contribution in [2.45, 2.75) is 18.5 Å². The SMILES string of the molecule is COc1cc(OC)cc(C(C(=O)NCc2ccccc2)C(NC(=O)c2ccno2)c2ccco2)c1. The number of ether oxygens (including phenoxy) is 2. The maximum atomic E-state index is 13.7. The van der Waals surface area contributed by atoms with E-state index in [4.69, 9.17) is 18.4 Å². The zero-order chi connectivity index (χ0) is 24.6. The van der Waals surface area contributed by atoms with Crippen LogP contribution >= 0.6 is 0 Å². The first-order chi connectivity index (χ1) is 17.1. The van der Waals surface area contributed by atoms with Gasteiger partial charge in [-0.1, -0.05) is 35.5 Å². The molecule has 0 fully saturated rings. The molecule has 2 atom stereocenters. The zero-order valence-electron chi connectivity index (χ0n) is 19.3. The molecule has 0 spiro atoms. The standard InChI is InChI=1S/C26H25N3O6/c1-32-19-13-18(14-20(15-19)33-2)23(26(31)27-16-17-7-4-3-5-8-17)24(21-9-6-12-34-21)29-25(30)22-10-11-28-35-22/h3-15,23-24H,16H2,1-2H3,(H,27,31)(H,29,30). The lowest BCUT2D eigenvalue weighted by Gasteiger charge is -2.27. The van der Waals surface area contributed by atoms with Gasteiger partial charge in [-0.15, -0.1) is 0 Å². The average Bonchev–Trinajstić information content (AvgIpc) is 3.62. The summed E-state index contributed by atoms with van der Waals surface area (Å²) in [4.78, 5) is 26.6. The summed E-state index contributed by atoms with van der Waals surface area (Å²) >= 11 is 0.